The zero-order chi connectivity index (χ0) is 13.9. The Bertz CT molecular complexity index is 578. The second-order valence-corrected chi connectivity index (χ2v) is 5.52. The summed E-state index contributed by atoms with van der Waals surface area (Å²) < 4.78 is 1.70. The summed E-state index contributed by atoms with van der Waals surface area (Å²) in [6.07, 6.45) is 3.42. The lowest BCUT2D eigenvalue weighted by Gasteiger charge is -2.28. The number of rotatable bonds is 3. The van der Waals surface area contributed by atoms with Crippen molar-refractivity contribution in [1.82, 2.24) is 19.9 Å². The van der Waals surface area contributed by atoms with Gasteiger partial charge in [-0.2, -0.15) is 0 Å². The van der Waals surface area contributed by atoms with E-state index in [2.05, 4.69) is 15.2 Å². The lowest BCUT2D eigenvalue weighted by atomic mass is 10.1. The Kier molecular flexibility index (Phi) is 4.00. The number of piperidine rings is 1. The Morgan fingerprint density at radius 1 is 1.25 bits per heavy atom. The second kappa shape index (κ2) is 5.91. The van der Waals surface area contributed by atoms with Crippen LogP contribution in [0.3, 0.4) is 0 Å². The molecular weight excluding hydrogens is 276 g/mol. The first kappa shape index (κ1) is 13.5. The van der Waals surface area contributed by atoms with Crippen molar-refractivity contribution in [2.75, 3.05) is 13.1 Å². The van der Waals surface area contributed by atoms with E-state index in [-0.39, 0.29) is 6.10 Å². The highest BCUT2D eigenvalue weighted by Crippen LogP contribution is 2.19. The molecule has 1 saturated heterocycles. The summed E-state index contributed by atoms with van der Waals surface area (Å²) in [4.78, 5) is 2.29. The predicted octanol–water partition coefficient (Wildman–Crippen LogP) is 1.88. The summed E-state index contributed by atoms with van der Waals surface area (Å²) in [6.45, 7) is 2.57. The summed E-state index contributed by atoms with van der Waals surface area (Å²) in [5.74, 6) is 0. The van der Waals surface area contributed by atoms with E-state index in [1.54, 1.807) is 4.68 Å². The zero-order valence-electron chi connectivity index (χ0n) is 11.1. The third-order valence-electron chi connectivity index (χ3n) is 3.58. The molecule has 0 aliphatic carbocycles. The van der Waals surface area contributed by atoms with E-state index in [0.29, 0.717) is 5.02 Å². The van der Waals surface area contributed by atoms with Crippen molar-refractivity contribution in [3.05, 3.63) is 41.2 Å². The van der Waals surface area contributed by atoms with Crippen LogP contribution in [0.25, 0.3) is 5.69 Å². The van der Waals surface area contributed by atoms with Crippen molar-refractivity contribution in [3.63, 3.8) is 0 Å². The van der Waals surface area contributed by atoms with E-state index in [9.17, 15) is 5.11 Å². The molecule has 0 unspecified atom stereocenters. The molecular formula is C14H17ClN4O. The fourth-order valence-electron chi connectivity index (χ4n) is 2.43. The minimum Gasteiger partial charge on any atom is -0.393 e. The van der Waals surface area contributed by atoms with Crippen LogP contribution in [0.4, 0.5) is 0 Å². The summed E-state index contributed by atoms with van der Waals surface area (Å²) in [7, 11) is 0. The minimum atomic E-state index is -0.148. The molecule has 6 heteroatoms. The first-order valence-corrected chi connectivity index (χ1v) is 7.17. The van der Waals surface area contributed by atoms with Gasteiger partial charge >= 0.3 is 0 Å². The van der Waals surface area contributed by atoms with Gasteiger partial charge in [-0.05, 0) is 25.0 Å². The van der Waals surface area contributed by atoms with Gasteiger partial charge in [-0.1, -0.05) is 28.9 Å². The molecule has 0 radical (unpaired) electrons. The largest absolute Gasteiger partial charge is 0.393 e. The molecule has 0 bridgehead atoms. The molecule has 0 spiro atoms. The fourth-order valence-corrected chi connectivity index (χ4v) is 2.65. The van der Waals surface area contributed by atoms with Gasteiger partial charge in [0, 0.05) is 19.6 Å². The number of likely N-dealkylation sites (tertiary alicyclic amines) is 1. The van der Waals surface area contributed by atoms with Crippen molar-refractivity contribution in [3.8, 4) is 5.69 Å². The van der Waals surface area contributed by atoms with E-state index >= 15 is 0 Å². The number of nitrogens with zero attached hydrogens (tertiary/aromatic N) is 4. The summed E-state index contributed by atoms with van der Waals surface area (Å²) >= 11 is 6.15. The van der Waals surface area contributed by atoms with Gasteiger partial charge in [-0.3, -0.25) is 4.90 Å². The normalized spacial score (nSPS) is 17.5. The number of aromatic nitrogens is 3. The number of hydrogen-bond acceptors (Lipinski definition) is 4. The van der Waals surface area contributed by atoms with Gasteiger partial charge in [0.1, 0.15) is 0 Å². The van der Waals surface area contributed by atoms with Crippen LogP contribution in [-0.4, -0.2) is 44.2 Å². The minimum absolute atomic E-state index is 0.148. The molecule has 1 N–H and O–H groups in total. The highest BCUT2D eigenvalue weighted by Gasteiger charge is 2.18. The molecule has 1 fully saturated rings. The van der Waals surface area contributed by atoms with E-state index in [1.807, 2.05) is 30.5 Å². The van der Waals surface area contributed by atoms with Gasteiger partial charge in [0.15, 0.2) is 0 Å². The van der Waals surface area contributed by atoms with Crippen molar-refractivity contribution >= 4 is 11.6 Å². The molecule has 2 aromatic rings. The fraction of sp³-hybridized carbons (Fsp3) is 0.429. The Morgan fingerprint density at radius 2 is 2.00 bits per heavy atom. The Balaban J connectivity index is 1.70. The first-order chi connectivity index (χ1) is 9.72. The molecule has 0 saturated carbocycles. The van der Waals surface area contributed by atoms with Gasteiger partial charge in [0.25, 0.3) is 0 Å². The number of halogens is 1. The van der Waals surface area contributed by atoms with Gasteiger partial charge in [-0.25, -0.2) is 4.68 Å². The first-order valence-electron chi connectivity index (χ1n) is 6.79. The molecule has 1 aromatic heterocycles. The van der Waals surface area contributed by atoms with Gasteiger partial charge < -0.3 is 5.11 Å². The molecule has 2 heterocycles. The standard InChI is InChI=1S/C14H17ClN4O/c15-13-3-1-2-4-14(13)19-10-11(16-17-19)9-18-7-5-12(20)6-8-18/h1-4,10,12,20H,5-9H2. The van der Waals surface area contributed by atoms with Crippen LogP contribution < -0.4 is 0 Å². The van der Waals surface area contributed by atoms with Crippen LogP contribution in [-0.2, 0) is 6.54 Å². The number of hydrogen-bond donors (Lipinski definition) is 1. The van der Waals surface area contributed by atoms with Crippen LogP contribution in [0.2, 0.25) is 5.02 Å². The number of para-hydroxylation sites is 1. The number of aliphatic hydroxyl groups is 1. The van der Waals surface area contributed by atoms with E-state index < -0.39 is 0 Å². The second-order valence-electron chi connectivity index (χ2n) is 5.11. The SMILES string of the molecule is OC1CCN(Cc2cn(-c3ccccc3Cl)nn2)CC1. The molecule has 0 atom stereocenters. The van der Waals surface area contributed by atoms with Crippen molar-refractivity contribution in [2.24, 2.45) is 0 Å². The molecule has 106 valence electrons. The highest BCUT2D eigenvalue weighted by molar-refractivity contribution is 6.32. The van der Waals surface area contributed by atoms with Crippen molar-refractivity contribution in [2.45, 2.75) is 25.5 Å². The number of benzene rings is 1. The quantitative estimate of drug-likeness (QED) is 0.938. The number of aliphatic hydroxyl groups excluding tert-OH is 1. The predicted molar refractivity (Wildman–Crippen MR) is 76.9 cm³/mol. The molecule has 1 aromatic carbocycles. The zero-order valence-corrected chi connectivity index (χ0v) is 11.9. The van der Waals surface area contributed by atoms with Crippen LogP contribution in [0.5, 0.6) is 0 Å². The topological polar surface area (TPSA) is 54.2 Å². The molecule has 0 amide bonds. The van der Waals surface area contributed by atoms with Crippen LogP contribution >= 0.6 is 11.6 Å². The highest BCUT2D eigenvalue weighted by atomic mass is 35.5. The Hall–Kier alpha value is -1.43. The van der Waals surface area contributed by atoms with E-state index in [1.165, 1.54) is 0 Å². The molecule has 1 aliphatic rings. The van der Waals surface area contributed by atoms with Crippen LogP contribution in [0, 0.1) is 0 Å². The summed E-state index contributed by atoms with van der Waals surface area (Å²) in [6, 6.07) is 7.57. The van der Waals surface area contributed by atoms with Crippen molar-refractivity contribution < 1.29 is 5.11 Å². The van der Waals surface area contributed by atoms with Gasteiger partial charge in [0.2, 0.25) is 0 Å². The van der Waals surface area contributed by atoms with Gasteiger partial charge in [0.05, 0.1) is 28.7 Å². The molecule has 20 heavy (non-hydrogen) atoms. The molecule has 3 rings (SSSR count). The van der Waals surface area contributed by atoms with E-state index in [4.69, 9.17) is 11.6 Å². The molecule has 1 aliphatic heterocycles. The van der Waals surface area contributed by atoms with Crippen LogP contribution in [0.15, 0.2) is 30.5 Å². The average Bonchev–Trinajstić information content (AvgIpc) is 2.90. The van der Waals surface area contributed by atoms with Gasteiger partial charge in [-0.15, -0.1) is 5.10 Å². The van der Waals surface area contributed by atoms with Crippen molar-refractivity contribution in [1.29, 1.82) is 0 Å². The van der Waals surface area contributed by atoms with Crippen LogP contribution in [0.1, 0.15) is 18.5 Å². The Morgan fingerprint density at radius 3 is 2.75 bits per heavy atom. The average molecular weight is 293 g/mol. The lowest BCUT2D eigenvalue weighted by molar-refractivity contribution is 0.0786. The third-order valence-corrected chi connectivity index (χ3v) is 3.90. The molecule has 5 nitrogen and oxygen atoms in total. The maximum absolute atomic E-state index is 9.50. The summed E-state index contributed by atoms with van der Waals surface area (Å²) in [5.41, 5.74) is 1.75. The Labute approximate surface area is 122 Å². The maximum atomic E-state index is 9.50. The lowest BCUT2D eigenvalue weighted by Crippen LogP contribution is -2.35. The summed E-state index contributed by atoms with van der Waals surface area (Å²) in [5, 5.41) is 18.5. The third kappa shape index (κ3) is 3.00. The maximum Gasteiger partial charge on any atom is 0.0971 e. The van der Waals surface area contributed by atoms with E-state index in [0.717, 1.165) is 43.9 Å². The monoisotopic (exact) mass is 292 g/mol. The smallest absolute Gasteiger partial charge is 0.0971 e.